The lowest BCUT2D eigenvalue weighted by molar-refractivity contribution is 0.351. The monoisotopic (exact) mass is 218 g/mol. The van der Waals surface area contributed by atoms with Crippen LogP contribution in [0, 0.1) is 0 Å². The minimum atomic E-state index is 0.715. The maximum absolute atomic E-state index is 3.38. The van der Waals surface area contributed by atoms with Gasteiger partial charge < -0.3 is 10.2 Å². The van der Waals surface area contributed by atoms with E-state index in [1.165, 1.54) is 31.4 Å². The maximum atomic E-state index is 3.38. The molecule has 1 N–H and O–H groups in total. The smallest absolute Gasteiger partial charge is 0.0366 e. The number of benzene rings is 1. The van der Waals surface area contributed by atoms with E-state index < -0.39 is 0 Å². The number of anilines is 1. The molecule has 1 fully saturated rings. The molecular weight excluding hydrogens is 196 g/mol. The van der Waals surface area contributed by atoms with Crippen molar-refractivity contribution >= 4 is 5.69 Å². The molecule has 0 bridgehead atoms. The van der Waals surface area contributed by atoms with Gasteiger partial charge in [0.05, 0.1) is 0 Å². The highest BCUT2D eigenvalue weighted by Crippen LogP contribution is 2.25. The minimum absolute atomic E-state index is 0.715. The molecule has 1 aromatic rings. The minimum Gasteiger partial charge on any atom is -0.372 e. The van der Waals surface area contributed by atoms with Crippen LogP contribution in [0.3, 0.4) is 0 Å². The summed E-state index contributed by atoms with van der Waals surface area (Å²) in [6.45, 7) is 0. The summed E-state index contributed by atoms with van der Waals surface area (Å²) >= 11 is 0. The highest BCUT2D eigenvalue weighted by molar-refractivity contribution is 5.46. The van der Waals surface area contributed by atoms with E-state index in [9.17, 15) is 0 Å². The van der Waals surface area contributed by atoms with Crippen molar-refractivity contribution in [2.75, 3.05) is 19.0 Å². The number of hydrogen-bond acceptors (Lipinski definition) is 2. The molecule has 0 aromatic heterocycles. The number of rotatable bonds is 3. The van der Waals surface area contributed by atoms with Crippen molar-refractivity contribution in [3.8, 4) is 0 Å². The van der Waals surface area contributed by atoms with Crippen LogP contribution in [0.25, 0.3) is 0 Å². The standard InChI is InChI=1S/C14H22N2/c1-15-12-8-10-14(11-9-12)16(2)13-6-4-3-5-7-13/h3-7,12,14-15H,8-11H2,1-2H3. The first kappa shape index (κ1) is 11.5. The van der Waals surface area contributed by atoms with E-state index in [1.807, 2.05) is 0 Å². The predicted octanol–water partition coefficient (Wildman–Crippen LogP) is 2.65. The molecule has 0 saturated heterocycles. The van der Waals surface area contributed by atoms with Gasteiger partial charge in [0, 0.05) is 24.8 Å². The van der Waals surface area contributed by atoms with Crippen LogP contribution >= 0.6 is 0 Å². The van der Waals surface area contributed by atoms with Crippen LogP contribution in [0.4, 0.5) is 5.69 Å². The Labute approximate surface area is 98.7 Å². The van der Waals surface area contributed by atoms with E-state index in [1.54, 1.807) is 0 Å². The van der Waals surface area contributed by atoms with Crippen molar-refractivity contribution in [3.05, 3.63) is 30.3 Å². The van der Waals surface area contributed by atoms with Crippen molar-refractivity contribution in [1.29, 1.82) is 0 Å². The quantitative estimate of drug-likeness (QED) is 0.839. The summed E-state index contributed by atoms with van der Waals surface area (Å²) in [5.74, 6) is 0. The highest BCUT2D eigenvalue weighted by atomic mass is 15.1. The third-order valence-electron chi connectivity index (χ3n) is 3.82. The van der Waals surface area contributed by atoms with E-state index in [-0.39, 0.29) is 0 Å². The van der Waals surface area contributed by atoms with E-state index in [0.29, 0.717) is 6.04 Å². The normalized spacial score (nSPS) is 25.4. The summed E-state index contributed by atoms with van der Waals surface area (Å²) in [4.78, 5) is 2.44. The zero-order chi connectivity index (χ0) is 11.4. The summed E-state index contributed by atoms with van der Waals surface area (Å²) in [5.41, 5.74) is 1.34. The molecule has 2 heteroatoms. The molecule has 1 saturated carbocycles. The van der Waals surface area contributed by atoms with Crippen LogP contribution in [0.5, 0.6) is 0 Å². The van der Waals surface area contributed by atoms with Gasteiger partial charge in [0.15, 0.2) is 0 Å². The second-order valence-corrected chi connectivity index (χ2v) is 4.74. The Hall–Kier alpha value is -1.02. The summed E-state index contributed by atoms with van der Waals surface area (Å²) in [6.07, 6.45) is 5.21. The first-order valence-corrected chi connectivity index (χ1v) is 6.26. The van der Waals surface area contributed by atoms with Gasteiger partial charge in [-0.15, -0.1) is 0 Å². The van der Waals surface area contributed by atoms with Gasteiger partial charge in [0.1, 0.15) is 0 Å². The van der Waals surface area contributed by atoms with Gasteiger partial charge in [-0.25, -0.2) is 0 Å². The second kappa shape index (κ2) is 5.35. The van der Waals surface area contributed by atoms with Gasteiger partial charge in [-0.3, -0.25) is 0 Å². The molecule has 0 spiro atoms. The summed E-state index contributed by atoms with van der Waals surface area (Å²) < 4.78 is 0. The number of hydrogen-bond donors (Lipinski definition) is 1. The van der Waals surface area contributed by atoms with Crippen LogP contribution in [0.1, 0.15) is 25.7 Å². The van der Waals surface area contributed by atoms with Crippen molar-refractivity contribution in [1.82, 2.24) is 5.32 Å². The van der Waals surface area contributed by atoms with Crippen LogP contribution in [-0.4, -0.2) is 26.2 Å². The molecule has 0 atom stereocenters. The van der Waals surface area contributed by atoms with Gasteiger partial charge in [0.2, 0.25) is 0 Å². The molecule has 0 heterocycles. The number of para-hydroxylation sites is 1. The molecule has 0 amide bonds. The van der Waals surface area contributed by atoms with Crippen LogP contribution in [0.2, 0.25) is 0 Å². The summed E-state index contributed by atoms with van der Waals surface area (Å²) in [7, 11) is 4.30. The van der Waals surface area contributed by atoms with Gasteiger partial charge in [-0.2, -0.15) is 0 Å². The van der Waals surface area contributed by atoms with Crippen molar-refractivity contribution in [2.45, 2.75) is 37.8 Å². The maximum Gasteiger partial charge on any atom is 0.0366 e. The van der Waals surface area contributed by atoms with Crippen molar-refractivity contribution in [3.63, 3.8) is 0 Å². The third kappa shape index (κ3) is 2.56. The fourth-order valence-corrected chi connectivity index (χ4v) is 2.63. The summed E-state index contributed by atoms with van der Waals surface area (Å²) in [5, 5.41) is 3.38. The first-order chi connectivity index (χ1) is 7.81. The molecule has 2 nitrogen and oxygen atoms in total. The Morgan fingerprint density at radius 3 is 2.25 bits per heavy atom. The fraction of sp³-hybridized carbons (Fsp3) is 0.571. The van der Waals surface area contributed by atoms with Crippen LogP contribution < -0.4 is 10.2 Å². The predicted molar refractivity (Wildman–Crippen MR) is 69.9 cm³/mol. The van der Waals surface area contributed by atoms with Crippen molar-refractivity contribution < 1.29 is 0 Å². The Morgan fingerprint density at radius 1 is 1.06 bits per heavy atom. The third-order valence-corrected chi connectivity index (χ3v) is 3.82. The van der Waals surface area contributed by atoms with Gasteiger partial charge >= 0.3 is 0 Å². The average Bonchev–Trinajstić information content (AvgIpc) is 2.39. The highest BCUT2D eigenvalue weighted by Gasteiger charge is 2.22. The summed E-state index contributed by atoms with van der Waals surface area (Å²) in [6, 6.07) is 12.2. The molecule has 0 unspecified atom stereocenters. The van der Waals surface area contributed by atoms with E-state index in [0.717, 1.165) is 6.04 Å². The number of nitrogens with one attached hydrogen (secondary N) is 1. The molecule has 1 aromatic carbocycles. The van der Waals surface area contributed by atoms with E-state index >= 15 is 0 Å². The lowest BCUT2D eigenvalue weighted by Crippen LogP contribution is -2.39. The molecule has 0 radical (unpaired) electrons. The van der Waals surface area contributed by atoms with Crippen LogP contribution in [0.15, 0.2) is 30.3 Å². The Balaban J connectivity index is 1.94. The van der Waals surface area contributed by atoms with E-state index in [4.69, 9.17) is 0 Å². The lowest BCUT2D eigenvalue weighted by Gasteiger charge is -2.36. The van der Waals surface area contributed by atoms with Gasteiger partial charge in [-0.05, 0) is 44.9 Å². The first-order valence-electron chi connectivity index (χ1n) is 6.26. The fourth-order valence-electron chi connectivity index (χ4n) is 2.63. The van der Waals surface area contributed by atoms with Crippen LogP contribution in [-0.2, 0) is 0 Å². The lowest BCUT2D eigenvalue weighted by atomic mass is 9.90. The Kier molecular flexibility index (Phi) is 3.83. The molecule has 88 valence electrons. The molecule has 0 aliphatic heterocycles. The number of nitrogens with zero attached hydrogens (tertiary/aromatic N) is 1. The molecule has 2 rings (SSSR count). The molecular formula is C14H22N2. The van der Waals surface area contributed by atoms with Gasteiger partial charge in [0.25, 0.3) is 0 Å². The average molecular weight is 218 g/mol. The zero-order valence-electron chi connectivity index (χ0n) is 10.3. The van der Waals surface area contributed by atoms with Gasteiger partial charge in [-0.1, -0.05) is 18.2 Å². The largest absolute Gasteiger partial charge is 0.372 e. The molecule has 1 aliphatic rings. The molecule has 16 heavy (non-hydrogen) atoms. The Bertz CT molecular complexity index is 302. The van der Waals surface area contributed by atoms with E-state index in [2.05, 4.69) is 54.6 Å². The molecule has 1 aliphatic carbocycles. The SMILES string of the molecule is CNC1CCC(N(C)c2ccccc2)CC1. The zero-order valence-corrected chi connectivity index (χ0v) is 10.3. The second-order valence-electron chi connectivity index (χ2n) is 4.74. The van der Waals surface area contributed by atoms with Crippen molar-refractivity contribution in [2.24, 2.45) is 0 Å². The topological polar surface area (TPSA) is 15.3 Å². The Morgan fingerprint density at radius 2 is 1.69 bits per heavy atom.